The van der Waals surface area contributed by atoms with Gasteiger partial charge in [-0.1, -0.05) is 6.07 Å². The predicted octanol–water partition coefficient (Wildman–Crippen LogP) is 4.43. The SMILES string of the molecule is CNCC(CCc1ccco1)COc1ccc2c(c1)CCCC2.Cl. The summed E-state index contributed by atoms with van der Waals surface area (Å²) in [4.78, 5) is 0. The van der Waals surface area contributed by atoms with Crippen LogP contribution in [-0.2, 0) is 19.3 Å². The second-order valence-electron chi connectivity index (χ2n) is 6.49. The van der Waals surface area contributed by atoms with Crippen LogP contribution >= 0.6 is 12.4 Å². The van der Waals surface area contributed by atoms with Crippen molar-refractivity contribution in [3.63, 3.8) is 0 Å². The van der Waals surface area contributed by atoms with E-state index in [4.69, 9.17) is 9.15 Å². The number of furan rings is 1. The molecular weight excluding hydrogens is 322 g/mol. The Morgan fingerprint density at radius 1 is 1.17 bits per heavy atom. The van der Waals surface area contributed by atoms with Crippen molar-refractivity contribution in [2.75, 3.05) is 20.2 Å². The summed E-state index contributed by atoms with van der Waals surface area (Å²) in [5.41, 5.74) is 2.99. The molecule has 1 atom stereocenters. The summed E-state index contributed by atoms with van der Waals surface area (Å²) in [6, 6.07) is 10.6. The van der Waals surface area contributed by atoms with Crippen molar-refractivity contribution in [1.82, 2.24) is 5.32 Å². The molecule has 0 saturated heterocycles. The Labute approximate surface area is 151 Å². The minimum Gasteiger partial charge on any atom is -0.493 e. The summed E-state index contributed by atoms with van der Waals surface area (Å²) >= 11 is 0. The third-order valence-corrected chi connectivity index (χ3v) is 4.68. The Balaban J connectivity index is 0.00000208. The van der Waals surface area contributed by atoms with Crippen LogP contribution in [0.1, 0.15) is 36.1 Å². The van der Waals surface area contributed by atoms with Crippen LogP contribution in [0.5, 0.6) is 5.75 Å². The molecule has 4 heteroatoms. The predicted molar refractivity (Wildman–Crippen MR) is 100 cm³/mol. The second-order valence-corrected chi connectivity index (χ2v) is 6.49. The summed E-state index contributed by atoms with van der Waals surface area (Å²) in [5.74, 6) is 2.56. The molecule has 0 spiro atoms. The fraction of sp³-hybridized carbons (Fsp3) is 0.500. The molecule has 1 aromatic carbocycles. The molecule has 1 unspecified atom stereocenters. The molecule has 0 saturated carbocycles. The molecule has 0 radical (unpaired) electrons. The van der Waals surface area contributed by atoms with Crippen molar-refractivity contribution >= 4 is 12.4 Å². The summed E-state index contributed by atoms with van der Waals surface area (Å²) in [6.45, 7) is 1.71. The number of benzene rings is 1. The highest BCUT2D eigenvalue weighted by Crippen LogP contribution is 2.25. The first kappa shape index (κ1) is 18.9. The molecule has 0 aliphatic heterocycles. The minimum absolute atomic E-state index is 0. The van der Waals surface area contributed by atoms with E-state index < -0.39 is 0 Å². The smallest absolute Gasteiger partial charge is 0.119 e. The molecule has 0 fully saturated rings. The van der Waals surface area contributed by atoms with Gasteiger partial charge in [-0.2, -0.15) is 0 Å². The number of hydrogen-bond acceptors (Lipinski definition) is 3. The zero-order valence-corrected chi connectivity index (χ0v) is 15.2. The molecule has 2 aromatic rings. The van der Waals surface area contributed by atoms with Crippen LogP contribution in [0.4, 0.5) is 0 Å². The van der Waals surface area contributed by atoms with Gasteiger partial charge in [-0.3, -0.25) is 0 Å². The Hall–Kier alpha value is -1.45. The number of halogens is 1. The average molecular weight is 350 g/mol. The lowest BCUT2D eigenvalue weighted by atomic mass is 9.92. The van der Waals surface area contributed by atoms with Crippen LogP contribution in [0.2, 0.25) is 0 Å². The second kappa shape index (κ2) is 9.75. The van der Waals surface area contributed by atoms with Crippen molar-refractivity contribution in [2.24, 2.45) is 5.92 Å². The third-order valence-electron chi connectivity index (χ3n) is 4.68. The molecule has 0 bridgehead atoms. The van der Waals surface area contributed by atoms with E-state index in [1.165, 1.54) is 36.8 Å². The van der Waals surface area contributed by atoms with E-state index in [0.29, 0.717) is 5.92 Å². The van der Waals surface area contributed by atoms with Gasteiger partial charge in [0.15, 0.2) is 0 Å². The normalized spacial score (nSPS) is 14.5. The van der Waals surface area contributed by atoms with Gasteiger partial charge < -0.3 is 14.5 Å². The molecule has 3 nitrogen and oxygen atoms in total. The van der Waals surface area contributed by atoms with Crippen LogP contribution in [0, 0.1) is 5.92 Å². The number of ether oxygens (including phenoxy) is 1. The Kier molecular flexibility index (Phi) is 7.67. The van der Waals surface area contributed by atoms with Gasteiger partial charge in [0.1, 0.15) is 11.5 Å². The van der Waals surface area contributed by atoms with Crippen molar-refractivity contribution in [3.8, 4) is 5.75 Å². The van der Waals surface area contributed by atoms with E-state index >= 15 is 0 Å². The van der Waals surface area contributed by atoms with Crippen LogP contribution in [-0.4, -0.2) is 20.2 Å². The molecular formula is C20H28ClNO2. The first-order valence-electron chi connectivity index (χ1n) is 8.76. The topological polar surface area (TPSA) is 34.4 Å². The molecule has 1 aliphatic rings. The Morgan fingerprint density at radius 3 is 2.75 bits per heavy atom. The minimum atomic E-state index is 0. The summed E-state index contributed by atoms with van der Waals surface area (Å²) in [7, 11) is 2.00. The van der Waals surface area contributed by atoms with Crippen LogP contribution in [0.3, 0.4) is 0 Å². The maximum atomic E-state index is 6.09. The van der Waals surface area contributed by atoms with Crippen molar-refractivity contribution in [3.05, 3.63) is 53.5 Å². The fourth-order valence-electron chi connectivity index (χ4n) is 3.35. The summed E-state index contributed by atoms with van der Waals surface area (Å²) in [6.07, 6.45) is 8.83. The zero-order chi connectivity index (χ0) is 15.9. The fourth-order valence-corrected chi connectivity index (χ4v) is 3.35. The Bertz CT molecular complexity index is 598. The number of rotatable bonds is 8. The van der Waals surface area contributed by atoms with E-state index in [-0.39, 0.29) is 12.4 Å². The van der Waals surface area contributed by atoms with Gasteiger partial charge in [0, 0.05) is 18.9 Å². The van der Waals surface area contributed by atoms with Gasteiger partial charge in [0.25, 0.3) is 0 Å². The maximum absolute atomic E-state index is 6.09. The first-order valence-corrected chi connectivity index (χ1v) is 8.76. The third kappa shape index (κ3) is 5.29. The van der Waals surface area contributed by atoms with E-state index in [1.54, 1.807) is 6.26 Å². The lowest BCUT2D eigenvalue weighted by Crippen LogP contribution is -2.25. The van der Waals surface area contributed by atoms with Crippen molar-refractivity contribution in [2.45, 2.75) is 38.5 Å². The van der Waals surface area contributed by atoms with Gasteiger partial charge in [-0.25, -0.2) is 0 Å². The van der Waals surface area contributed by atoms with Crippen LogP contribution in [0.15, 0.2) is 41.0 Å². The first-order chi connectivity index (χ1) is 11.3. The molecule has 1 aliphatic carbocycles. The highest BCUT2D eigenvalue weighted by Gasteiger charge is 2.13. The lowest BCUT2D eigenvalue weighted by molar-refractivity contribution is 0.235. The standard InChI is InChI=1S/C20H27NO2.ClH/c1-21-14-16(8-10-19-7-4-12-22-19)15-23-20-11-9-17-5-2-3-6-18(17)13-20;/h4,7,9,11-13,16,21H,2-3,5-6,8,10,14-15H2,1H3;1H. The highest BCUT2D eigenvalue weighted by molar-refractivity contribution is 5.85. The number of aryl methyl sites for hydroxylation is 3. The van der Waals surface area contributed by atoms with Crippen molar-refractivity contribution in [1.29, 1.82) is 0 Å². The maximum Gasteiger partial charge on any atom is 0.119 e. The quantitative estimate of drug-likeness (QED) is 0.765. The van der Waals surface area contributed by atoms with Gasteiger partial charge in [-0.05, 0) is 74.5 Å². The molecule has 0 amide bonds. The number of fused-ring (bicyclic) bond motifs is 1. The monoisotopic (exact) mass is 349 g/mol. The average Bonchev–Trinajstić information content (AvgIpc) is 3.11. The van der Waals surface area contributed by atoms with Gasteiger partial charge >= 0.3 is 0 Å². The van der Waals surface area contributed by atoms with Crippen LogP contribution in [0.25, 0.3) is 0 Å². The molecule has 24 heavy (non-hydrogen) atoms. The molecule has 1 N–H and O–H groups in total. The van der Waals surface area contributed by atoms with E-state index in [1.807, 2.05) is 19.2 Å². The van der Waals surface area contributed by atoms with E-state index in [2.05, 4.69) is 23.5 Å². The number of hydrogen-bond donors (Lipinski definition) is 1. The Morgan fingerprint density at radius 2 is 2.00 bits per heavy atom. The molecule has 1 heterocycles. The van der Waals surface area contributed by atoms with Gasteiger partial charge in [0.05, 0.1) is 12.9 Å². The molecule has 1 aromatic heterocycles. The van der Waals surface area contributed by atoms with Gasteiger partial charge in [-0.15, -0.1) is 12.4 Å². The summed E-state index contributed by atoms with van der Waals surface area (Å²) in [5, 5.41) is 3.27. The molecule has 3 rings (SSSR count). The largest absolute Gasteiger partial charge is 0.493 e. The van der Waals surface area contributed by atoms with Gasteiger partial charge in [0.2, 0.25) is 0 Å². The van der Waals surface area contributed by atoms with Crippen molar-refractivity contribution < 1.29 is 9.15 Å². The lowest BCUT2D eigenvalue weighted by Gasteiger charge is -2.19. The number of nitrogens with one attached hydrogen (secondary N) is 1. The summed E-state index contributed by atoms with van der Waals surface area (Å²) < 4.78 is 11.5. The zero-order valence-electron chi connectivity index (χ0n) is 14.4. The van der Waals surface area contributed by atoms with E-state index in [0.717, 1.165) is 37.5 Å². The molecule has 132 valence electrons. The van der Waals surface area contributed by atoms with Crippen LogP contribution < -0.4 is 10.1 Å². The highest BCUT2D eigenvalue weighted by atomic mass is 35.5. The van der Waals surface area contributed by atoms with E-state index in [9.17, 15) is 0 Å².